The van der Waals surface area contributed by atoms with E-state index < -0.39 is 11.4 Å². The fourth-order valence-electron chi connectivity index (χ4n) is 2.13. The smallest absolute Gasteiger partial charge is 0.317 e. The minimum atomic E-state index is -0.922. The molecule has 0 bridgehead atoms. The molecule has 6 heteroatoms. The monoisotopic (exact) mass is 272 g/mol. The Hall–Kier alpha value is -1.30. The number of carboxylic acids is 1. The van der Waals surface area contributed by atoms with Crippen LogP contribution in [0.5, 0.6) is 0 Å². The maximum absolute atomic E-state index is 12.0. The lowest BCUT2D eigenvalue weighted by atomic mass is 9.88. The molecular weight excluding hydrogens is 248 g/mol. The summed E-state index contributed by atoms with van der Waals surface area (Å²) >= 11 is 0. The number of carbonyl (C=O) groups excluding carboxylic acids is 1. The number of nitrogens with one attached hydrogen (secondary N) is 1. The van der Waals surface area contributed by atoms with Gasteiger partial charge in [0.2, 0.25) is 0 Å². The van der Waals surface area contributed by atoms with Crippen LogP contribution in [0.15, 0.2) is 0 Å². The Morgan fingerprint density at radius 1 is 1.53 bits per heavy atom. The maximum atomic E-state index is 12.0. The van der Waals surface area contributed by atoms with Gasteiger partial charge in [-0.15, -0.1) is 0 Å². The number of likely N-dealkylation sites (N-methyl/N-ethyl adjacent to an activating group) is 1. The van der Waals surface area contributed by atoms with Crippen molar-refractivity contribution in [2.24, 2.45) is 5.41 Å². The minimum absolute atomic E-state index is 0.0211. The molecule has 0 aliphatic carbocycles. The van der Waals surface area contributed by atoms with Gasteiger partial charge in [0.05, 0.1) is 17.6 Å². The van der Waals surface area contributed by atoms with Crippen molar-refractivity contribution in [1.29, 1.82) is 0 Å². The summed E-state index contributed by atoms with van der Waals surface area (Å²) < 4.78 is 5.43. The van der Waals surface area contributed by atoms with E-state index in [9.17, 15) is 9.59 Å². The Morgan fingerprint density at radius 3 is 2.58 bits per heavy atom. The molecule has 110 valence electrons. The standard InChI is InChI=1S/C13H24N2O4/c1-5-13(3,11(16)17)8-14-12(18)15(4)10-6-7-19-9(10)2/h9-10H,5-8H2,1-4H3,(H,14,18)(H,16,17). The molecule has 1 aliphatic rings. The molecule has 6 nitrogen and oxygen atoms in total. The van der Waals surface area contributed by atoms with E-state index in [0.717, 1.165) is 6.42 Å². The van der Waals surface area contributed by atoms with Gasteiger partial charge in [0.15, 0.2) is 0 Å². The Kier molecular flexibility index (Phi) is 5.17. The van der Waals surface area contributed by atoms with Crippen LogP contribution in [0, 0.1) is 5.41 Å². The Labute approximate surface area is 114 Å². The number of aliphatic carboxylic acids is 1. The molecule has 2 N–H and O–H groups in total. The molecule has 1 heterocycles. The lowest BCUT2D eigenvalue weighted by Gasteiger charge is -2.29. The van der Waals surface area contributed by atoms with E-state index in [2.05, 4.69) is 5.32 Å². The van der Waals surface area contributed by atoms with E-state index in [1.165, 1.54) is 0 Å². The number of urea groups is 1. The van der Waals surface area contributed by atoms with Gasteiger partial charge in [-0.2, -0.15) is 0 Å². The molecule has 0 radical (unpaired) electrons. The first-order valence-corrected chi connectivity index (χ1v) is 6.67. The zero-order chi connectivity index (χ0) is 14.6. The molecule has 3 atom stereocenters. The number of carbonyl (C=O) groups is 2. The summed E-state index contributed by atoms with van der Waals surface area (Å²) in [4.78, 5) is 24.8. The molecule has 0 aromatic rings. The second kappa shape index (κ2) is 6.23. The lowest BCUT2D eigenvalue weighted by molar-refractivity contribution is -0.147. The normalized spacial score (nSPS) is 25.7. The van der Waals surface area contributed by atoms with E-state index >= 15 is 0 Å². The predicted molar refractivity (Wildman–Crippen MR) is 71.0 cm³/mol. The van der Waals surface area contributed by atoms with Gasteiger partial charge in [0, 0.05) is 20.2 Å². The molecule has 0 aromatic carbocycles. The molecule has 1 saturated heterocycles. The first-order chi connectivity index (χ1) is 8.81. The van der Waals surface area contributed by atoms with Crippen molar-refractivity contribution in [2.45, 2.75) is 45.8 Å². The summed E-state index contributed by atoms with van der Waals surface area (Å²) in [6, 6.07) is -0.194. The number of carboxylic acid groups (broad SMARTS) is 1. The number of nitrogens with zero attached hydrogens (tertiary/aromatic N) is 1. The molecule has 1 aliphatic heterocycles. The van der Waals surface area contributed by atoms with Crippen LogP contribution >= 0.6 is 0 Å². The average molecular weight is 272 g/mol. The van der Waals surface area contributed by atoms with Gasteiger partial charge in [-0.05, 0) is 26.7 Å². The lowest BCUT2D eigenvalue weighted by Crippen LogP contribution is -2.49. The Bertz CT molecular complexity index is 348. The third kappa shape index (κ3) is 3.59. The quantitative estimate of drug-likeness (QED) is 0.791. The summed E-state index contributed by atoms with van der Waals surface area (Å²) in [7, 11) is 1.72. The van der Waals surface area contributed by atoms with Crippen LogP contribution in [0.3, 0.4) is 0 Å². The van der Waals surface area contributed by atoms with Gasteiger partial charge < -0.3 is 20.1 Å². The summed E-state index contributed by atoms with van der Waals surface area (Å²) in [6.07, 6.45) is 1.30. The second-order valence-electron chi connectivity index (χ2n) is 5.42. The van der Waals surface area contributed by atoms with Gasteiger partial charge in [-0.1, -0.05) is 6.92 Å². The molecule has 0 aromatic heterocycles. The summed E-state index contributed by atoms with van der Waals surface area (Å²) in [5.74, 6) is -0.893. The van der Waals surface area contributed by atoms with Gasteiger partial charge in [0.1, 0.15) is 0 Å². The number of hydrogen-bond acceptors (Lipinski definition) is 3. The Morgan fingerprint density at radius 2 is 2.16 bits per heavy atom. The van der Waals surface area contributed by atoms with Crippen LogP contribution < -0.4 is 5.32 Å². The summed E-state index contributed by atoms with van der Waals surface area (Å²) in [5, 5.41) is 11.9. The van der Waals surface area contributed by atoms with E-state index in [1.54, 1.807) is 25.8 Å². The molecule has 19 heavy (non-hydrogen) atoms. The molecule has 3 unspecified atom stereocenters. The molecule has 1 fully saturated rings. The maximum Gasteiger partial charge on any atom is 0.317 e. The van der Waals surface area contributed by atoms with Gasteiger partial charge >= 0.3 is 12.0 Å². The van der Waals surface area contributed by atoms with Crippen molar-refractivity contribution in [3.63, 3.8) is 0 Å². The van der Waals surface area contributed by atoms with Crippen molar-refractivity contribution >= 4 is 12.0 Å². The fourth-order valence-corrected chi connectivity index (χ4v) is 2.13. The first kappa shape index (κ1) is 15.8. The average Bonchev–Trinajstić information content (AvgIpc) is 2.80. The van der Waals surface area contributed by atoms with Crippen LogP contribution in [-0.2, 0) is 9.53 Å². The number of ether oxygens (including phenoxy) is 1. The van der Waals surface area contributed by atoms with Crippen molar-refractivity contribution in [3.05, 3.63) is 0 Å². The fraction of sp³-hybridized carbons (Fsp3) is 0.846. The highest BCUT2D eigenvalue weighted by molar-refractivity contribution is 5.78. The number of amides is 2. The highest BCUT2D eigenvalue weighted by Crippen LogP contribution is 2.21. The largest absolute Gasteiger partial charge is 0.481 e. The van der Waals surface area contributed by atoms with E-state index in [1.807, 2.05) is 6.92 Å². The molecule has 0 saturated carbocycles. The zero-order valence-corrected chi connectivity index (χ0v) is 12.1. The third-order valence-corrected chi connectivity index (χ3v) is 4.08. The highest BCUT2D eigenvalue weighted by atomic mass is 16.5. The van der Waals surface area contributed by atoms with Crippen molar-refractivity contribution < 1.29 is 19.4 Å². The van der Waals surface area contributed by atoms with Crippen molar-refractivity contribution in [1.82, 2.24) is 10.2 Å². The van der Waals surface area contributed by atoms with Gasteiger partial charge in [0.25, 0.3) is 0 Å². The zero-order valence-electron chi connectivity index (χ0n) is 12.1. The Balaban J connectivity index is 2.53. The molecule has 0 spiro atoms. The van der Waals surface area contributed by atoms with E-state index in [-0.39, 0.29) is 24.7 Å². The number of rotatable bonds is 5. The SMILES string of the molecule is CCC(C)(CNC(=O)N(C)C1CCOC1C)C(=O)O. The number of hydrogen-bond donors (Lipinski definition) is 2. The second-order valence-corrected chi connectivity index (χ2v) is 5.42. The highest BCUT2D eigenvalue weighted by Gasteiger charge is 2.34. The van der Waals surface area contributed by atoms with Crippen molar-refractivity contribution in [2.75, 3.05) is 20.2 Å². The molecular formula is C13H24N2O4. The summed E-state index contributed by atoms with van der Waals surface area (Å²) in [6.45, 7) is 6.16. The van der Waals surface area contributed by atoms with Gasteiger partial charge in [-0.25, -0.2) is 4.79 Å². The van der Waals surface area contributed by atoms with E-state index in [4.69, 9.17) is 9.84 Å². The van der Waals surface area contributed by atoms with Crippen LogP contribution in [0.25, 0.3) is 0 Å². The molecule has 2 amide bonds. The predicted octanol–water partition coefficient (Wildman–Crippen LogP) is 1.31. The van der Waals surface area contributed by atoms with Crippen LogP contribution in [-0.4, -0.2) is 54.4 Å². The van der Waals surface area contributed by atoms with Crippen LogP contribution in [0.4, 0.5) is 4.79 Å². The van der Waals surface area contributed by atoms with Crippen molar-refractivity contribution in [3.8, 4) is 0 Å². The minimum Gasteiger partial charge on any atom is -0.481 e. The summed E-state index contributed by atoms with van der Waals surface area (Å²) in [5.41, 5.74) is -0.922. The first-order valence-electron chi connectivity index (χ1n) is 6.67. The van der Waals surface area contributed by atoms with E-state index in [0.29, 0.717) is 13.0 Å². The van der Waals surface area contributed by atoms with Gasteiger partial charge in [-0.3, -0.25) is 4.79 Å². The van der Waals surface area contributed by atoms with Crippen LogP contribution in [0.2, 0.25) is 0 Å². The molecule has 1 rings (SSSR count). The topological polar surface area (TPSA) is 78.9 Å². The van der Waals surface area contributed by atoms with Crippen LogP contribution in [0.1, 0.15) is 33.6 Å². The third-order valence-electron chi connectivity index (χ3n) is 4.08.